The molecule has 2 aliphatic rings. The van der Waals surface area contributed by atoms with E-state index in [1.54, 1.807) is 0 Å². The largest absolute Gasteiger partial charge is 0.355 e. The molecule has 0 spiro atoms. The minimum atomic E-state index is -0.822. The first-order chi connectivity index (χ1) is 11.3. The van der Waals surface area contributed by atoms with Gasteiger partial charge in [-0.15, -0.1) is 5.06 Å². The van der Waals surface area contributed by atoms with Crippen molar-refractivity contribution in [2.75, 3.05) is 13.1 Å². The van der Waals surface area contributed by atoms with Gasteiger partial charge in [0.2, 0.25) is 5.91 Å². The Labute approximate surface area is 136 Å². The van der Waals surface area contributed by atoms with E-state index in [1.807, 2.05) is 0 Å². The number of hydrogen-bond acceptors (Lipinski definition) is 7. The quantitative estimate of drug-likeness (QED) is 0.570. The molecule has 0 radical (unpaired) electrons. The van der Waals surface area contributed by atoms with Gasteiger partial charge in [0.15, 0.2) is 0 Å². The van der Waals surface area contributed by atoms with Crippen LogP contribution in [0.15, 0.2) is 12.2 Å². The molecule has 0 aromatic carbocycles. The average Bonchev–Trinajstić information content (AvgIpc) is 2.96. The van der Waals surface area contributed by atoms with Gasteiger partial charge >= 0.3 is 5.97 Å². The van der Waals surface area contributed by atoms with Crippen LogP contribution in [0, 0.1) is 5.92 Å². The van der Waals surface area contributed by atoms with E-state index in [-0.39, 0.29) is 25.9 Å². The average molecular weight is 337 g/mol. The number of nitrogens with one attached hydrogen (secondary N) is 1. The summed E-state index contributed by atoms with van der Waals surface area (Å²) in [6.45, 7) is 0.875. The summed E-state index contributed by atoms with van der Waals surface area (Å²) in [4.78, 5) is 74.1. The van der Waals surface area contributed by atoms with Gasteiger partial charge in [-0.3, -0.25) is 28.9 Å². The summed E-state index contributed by atoms with van der Waals surface area (Å²) >= 11 is 0. The maximum Gasteiger partial charge on any atom is 0.330 e. The van der Waals surface area contributed by atoms with Gasteiger partial charge in [-0.05, 0) is 0 Å². The Balaban J connectivity index is 1.77. The molecule has 24 heavy (non-hydrogen) atoms. The highest BCUT2D eigenvalue weighted by molar-refractivity contribution is 6.13. The fraction of sp³-hybridized carbons (Fsp3) is 0.429. The molecule has 0 aromatic rings. The third kappa shape index (κ3) is 3.83. The lowest BCUT2D eigenvalue weighted by molar-refractivity contribution is -0.196. The number of carbonyl (C=O) groups excluding carboxylic acids is 6. The fourth-order valence-electron chi connectivity index (χ4n) is 2.24. The van der Waals surface area contributed by atoms with Crippen molar-refractivity contribution in [3.8, 4) is 0 Å². The lowest BCUT2D eigenvalue weighted by Gasteiger charge is -2.14. The molecule has 1 N–H and O–H groups in total. The second kappa shape index (κ2) is 7.02. The Morgan fingerprint density at radius 2 is 1.83 bits per heavy atom. The normalized spacial score (nSPS) is 20.1. The second-order valence-corrected chi connectivity index (χ2v) is 5.23. The summed E-state index contributed by atoms with van der Waals surface area (Å²) < 4.78 is 0. The molecule has 1 atom stereocenters. The molecule has 1 fully saturated rings. The Hall–Kier alpha value is -3.04. The molecule has 0 aromatic heterocycles. The summed E-state index contributed by atoms with van der Waals surface area (Å²) in [6.07, 6.45) is 1.93. The van der Waals surface area contributed by atoms with Gasteiger partial charge in [-0.2, -0.15) is 0 Å². The molecule has 5 amide bonds. The van der Waals surface area contributed by atoms with Crippen LogP contribution in [0.2, 0.25) is 0 Å². The predicted octanol–water partition coefficient (Wildman–Crippen LogP) is -1.73. The van der Waals surface area contributed by atoms with Crippen LogP contribution in [0.5, 0.6) is 0 Å². The Bertz CT molecular complexity index is 637. The van der Waals surface area contributed by atoms with E-state index >= 15 is 0 Å². The van der Waals surface area contributed by atoms with Crippen LogP contribution >= 0.6 is 0 Å². The Kier molecular flexibility index (Phi) is 5.07. The first-order valence-electron chi connectivity index (χ1n) is 7.15. The van der Waals surface area contributed by atoms with Crippen LogP contribution < -0.4 is 5.32 Å². The molecule has 2 aliphatic heterocycles. The lowest BCUT2D eigenvalue weighted by atomic mass is 10.1. The molecular weight excluding hydrogens is 322 g/mol. The van der Waals surface area contributed by atoms with Crippen molar-refractivity contribution in [1.29, 1.82) is 0 Å². The van der Waals surface area contributed by atoms with E-state index in [0.717, 1.165) is 24.0 Å². The molecule has 0 aliphatic carbocycles. The lowest BCUT2D eigenvalue weighted by Crippen LogP contribution is -2.38. The highest BCUT2D eigenvalue weighted by atomic mass is 16.7. The van der Waals surface area contributed by atoms with Gasteiger partial charge < -0.3 is 10.2 Å². The number of nitrogens with zero attached hydrogens (tertiary/aromatic N) is 2. The van der Waals surface area contributed by atoms with Gasteiger partial charge in [-0.25, -0.2) is 4.79 Å². The van der Waals surface area contributed by atoms with Crippen molar-refractivity contribution in [3.05, 3.63) is 12.2 Å². The number of imide groups is 2. The van der Waals surface area contributed by atoms with Crippen molar-refractivity contribution in [2.45, 2.75) is 19.8 Å². The van der Waals surface area contributed by atoms with Crippen LogP contribution in [0.4, 0.5) is 0 Å². The van der Waals surface area contributed by atoms with Gasteiger partial charge in [0.1, 0.15) is 0 Å². The van der Waals surface area contributed by atoms with E-state index in [1.165, 1.54) is 0 Å². The SMILES string of the molecule is CC(=O)ON1C(=O)CC(CNC(=O)CCN2C(=O)C=CC2=O)C1=O. The van der Waals surface area contributed by atoms with Gasteiger partial charge in [0.05, 0.1) is 5.92 Å². The van der Waals surface area contributed by atoms with Gasteiger partial charge in [0.25, 0.3) is 23.6 Å². The van der Waals surface area contributed by atoms with Crippen LogP contribution in [0.25, 0.3) is 0 Å². The number of rotatable bonds is 6. The van der Waals surface area contributed by atoms with Crippen LogP contribution in [0.3, 0.4) is 0 Å². The Morgan fingerprint density at radius 3 is 2.42 bits per heavy atom. The number of hydrogen-bond donors (Lipinski definition) is 1. The third-order valence-corrected chi connectivity index (χ3v) is 3.43. The van der Waals surface area contributed by atoms with E-state index < -0.39 is 41.4 Å². The number of carbonyl (C=O) groups is 6. The molecule has 1 saturated heterocycles. The molecule has 2 heterocycles. The molecule has 0 saturated carbocycles. The van der Waals surface area contributed by atoms with E-state index in [2.05, 4.69) is 10.2 Å². The fourth-order valence-corrected chi connectivity index (χ4v) is 2.24. The zero-order chi connectivity index (χ0) is 17.9. The molecule has 1 unspecified atom stereocenters. The number of amides is 5. The summed E-state index contributed by atoms with van der Waals surface area (Å²) in [6, 6.07) is 0. The summed E-state index contributed by atoms with van der Waals surface area (Å²) in [5.41, 5.74) is 0. The van der Waals surface area contributed by atoms with E-state index in [9.17, 15) is 28.8 Å². The Morgan fingerprint density at radius 1 is 1.21 bits per heavy atom. The molecule has 10 heteroatoms. The maximum atomic E-state index is 11.9. The molecule has 128 valence electrons. The minimum Gasteiger partial charge on any atom is -0.355 e. The third-order valence-electron chi connectivity index (χ3n) is 3.43. The molecular formula is C14H15N3O7. The minimum absolute atomic E-state index is 0.0758. The van der Waals surface area contributed by atoms with Gasteiger partial charge in [-0.1, -0.05) is 0 Å². The maximum absolute atomic E-state index is 11.9. The van der Waals surface area contributed by atoms with Crippen molar-refractivity contribution < 1.29 is 33.6 Å². The highest BCUT2D eigenvalue weighted by Crippen LogP contribution is 2.19. The summed E-state index contributed by atoms with van der Waals surface area (Å²) in [5, 5.41) is 2.85. The summed E-state index contributed by atoms with van der Waals surface area (Å²) in [5.74, 6) is -4.43. The van der Waals surface area contributed by atoms with Crippen molar-refractivity contribution in [3.63, 3.8) is 0 Å². The summed E-state index contributed by atoms with van der Waals surface area (Å²) in [7, 11) is 0. The smallest absolute Gasteiger partial charge is 0.330 e. The van der Waals surface area contributed by atoms with Crippen molar-refractivity contribution in [2.24, 2.45) is 5.92 Å². The molecule has 2 rings (SSSR count). The van der Waals surface area contributed by atoms with Gasteiger partial charge in [0, 0.05) is 45.0 Å². The van der Waals surface area contributed by atoms with Crippen molar-refractivity contribution >= 4 is 35.5 Å². The van der Waals surface area contributed by atoms with Crippen molar-refractivity contribution in [1.82, 2.24) is 15.3 Å². The topological polar surface area (TPSA) is 130 Å². The van der Waals surface area contributed by atoms with E-state index in [0.29, 0.717) is 5.06 Å². The highest BCUT2D eigenvalue weighted by Gasteiger charge is 2.41. The zero-order valence-corrected chi connectivity index (χ0v) is 12.8. The van der Waals surface area contributed by atoms with Crippen LogP contribution in [-0.2, 0) is 33.6 Å². The predicted molar refractivity (Wildman–Crippen MR) is 75.2 cm³/mol. The first-order valence-corrected chi connectivity index (χ1v) is 7.15. The zero-order valence-electron chi connectivity index (χ0n) is 12.8. The molecule has 10 nitrogen and oxygen atoms in total. The van der Waals surface area contributed by atoms with Crippen LogP contribution in [0.1, 0.15) is 19.8 Å². The van der Waals surface area contributed by atoms with E-state index in [4.69, 9.17) is 0 Å². The first kappa shape index (κ1) is 17.3. The number of hydroxylamine groups is 2. The monoisotopic (exact) mass is 337 g/mol. The second-order valence-electron chi connectivity index (χ2n) is 5.23. The van der Waals surface area contributed by atoms with Crippen LogP contribution in [-0.4, -0.2) is 58.6 Å². The molecule has 0 bridgehead atoms. The standard InChI is InChI=1S/C14H15N3O7/c1-8(18)24-17-13(22)6-9(14(17)23)7-15-10(19)4-5-16-11(20)2-3-12(16)21/h2-3,9H,4-7H2,1H3,(H,15,19).